The second-order valence-electron chi connectivity index (χ2n) is 5.46. The minimum Gasteiger partial charge on any atom is -0.397 e. The molecule has 0 saturated carbocycles. The minimum absolute atomic E-state index is 0.126. The van der Waals surface area contributed by atoms with Gasteiger partial charge in [0.15, 0.2) is 11.5 Å². The van der Waals surface area contributed by atoms with E-state index in [-0.39, 0.29) is 12.2 Å². The molecule has 25 heavy (non-hydrogen) atoms. The van der Waals surface area contributed by atoms with Crippen molar-refractivity contribution < 1.29 is 8.78 Å². The number of rotatable bonds is 5. The molecule has 0 aliphatic carbocycles. The third kappa shape index (κ3) is 3.50. The third-order valence-corrected chi connectivity index (χ3v) is 3.64. The van der Waals surface area contributed by atoms with Gasteiger partial charge in [0.25, 0.3) is 5.92 Å². The average Bonchev–Trinajstić information content (AvgIpc) is 3.15. The summed E-state index contributed by atoms with van der Waals surface area (Å²) in [5.41, 5.74) is 6.67. The van der Waals surface area contributed by atoms with Crippen molar-refractivity contribution in [3.63, 3.8) is 0 Å². The van der Waals surface area contributed by atoms with E-state index in [1.165, 1.54) is 15.6 Å². The second kappa shape index (κ2) is 6.25. The first-order valence-electron chi connectivity index (χ1n) is 7.18. The predicted octanol–water partition coefficient (Wildman–Crippen LogP) is 2.60. The Balaban J connectivity index is 1.96. The zero-order valence-corrected chi connectivity index (χ0v) is 14.0. The molecule has 7 nitrogen and oxygen atoms in total. The van der Waals surface area contributed by atoms with Crippen LogP contribution in [0.5, 0.6) is 0 Å². The molecule has 0 bridgehead atoms. The number of nitrogens with two attached hydrogens (primary N) is 1. The smallest absolute Gasteiger partial charge is 0.290 e. The van der Waals surface area contributed by atoms with Gasteiger partial charge in [-0.1, -0.05) is 23.4 Å². The zero-order valence-electron chi connectivity index (χ0n) is 13.2. The minimum atomic E-state index is -3.06. The van der Waals surface area contributed by atoms with Crippen molar-refractivity contribution in [1.82, 2.24) is 29.8 Å². The summed E-state index contributed by atoms with van der Waals surface area (Å²) in [5, 5.41) is 11.9. The van der Waals surface area contributed by atoms with Crippen molar-refractivity contribution in [1.29, 1.82) is 0 Å². The molecule has 3 aromatic heterocycles. The Bertz CT molecular complexity index is 926. The van der Waals surface area contributed by atoms with E-state index in [0.29, 0.717) is 22.2 Å². The fraction of sp³-hybridized carbons (Fsp3) is 0.200. The van der Waals surface area contributed by atoms with E-state index >= 15 is 0 Å². The number of hydrogen-bond donors (Lipinski definition) is 1. The SMILES string of the molecule is C=C(N)c1cc(Cn2cc(C(C)(F)F)nn2)nn1-c1ncccc1Cl. The molecule has 0 fully saturated rings. The van der Waals surface area contributed by atoms with E-state index in [4.69, 9.17) is 17.3 Å². The molecule has 0 aromatic carbocycles. The van der Waals surface area contributed by atoms with Crippen LogP contribution in [0.1, 0.15) is 24.0 Å². The summed E-state index contributed by atoms with van der Waals surface area (Å²) in [7, 11) is 0. The zero-order chi connectivity index (χ0) is 18.2. The van der Waals surface area contributed by atoms with Gasteiger partial charge in [0.1, 0.15) is 0 Å². The molecule has 0 spiro atoms. The van der Waals surface area contributed by atoms with Crippen LogP contribution < -0.4 is 5.73 Å². The fourth-order valence-corrected chi connectivity index (χ4v) is 2.38. The summed E-state index contributed by atoms with van der Waals surface area (Å²) in [6.45, 7) is 4.60. The molecule has 3 aromatic rings. The van der Waals surface area contributed by atoms with E-state index in [1.807, 2.05) is 0 Å². The van der Waals surface area contributed by atoms with E-state index in [2.05, 4.69) is 27.0 Å². The maximum Gasteiger partial charge on any atom is 0.290 e. The van der Waals surface area contributed by atoms with E-state index in [9.17, 15) is 8.78 Å². The normalized spacial score (nSPS) is 11.7. The maximum atomic E-state index is 13.3. The molecule has 0 radical (unpaired) electrons. The molecule has 0 unspecified atom stereocenters. The molecule has 130 valence electrons. The predicted molar refractivity (Wildman–Crippen MR) is 88.3 cm³/mol. The monoisotopic (exact) mass is 365 g/mol. The fourth-order valence-electron chi connectivity index (χ4n) is 2.17. The van der Waals surface area contributed by atoms with Gasteiger partial charge in [0.05, 0.1) is 34.8 Å². The van der Waals surface area contributed by atoms with Crippen LogP contribution in [0.4, 0.5) is 8.78 Å². The summed E-state index contributed by atoms with van der Waals surface area (Å²) in [4.78, 5) is 4.19. The van der Waals surface area contributed by atoms with Gasteiger partial charge in [-0.05, 0) is 18.2 Å². The molecular weight excluding hydrogens is 352 g/mol. The quantitative estimate of drug-likeness (QED) is 0.751. The molecule has 3 heterocycles. The maximum absolute atomic E-state index is 13.3. The summed E-state index contributed by atoms with van der Waals surface area (Å²) in [5.74, 6) is -2.67. The van der Waals surface area contributed by atoms with Gasteiger partial charge in [0.2, 0.25) is 0 Å². The number of alkyl halides is 2. The van der Waals surface area contributed by atoms with Crippen LogP contribution in [0.2, 0.25) is 5.02 Å². The van der Waals surface area contributed by atoms with Crippen LogP contribution in [0.15, 0.2) is 37.2 Å². The van der Waals surface area contributed by atoms with Crippen LogP contribution in [0, 0.1) is 0 Å². The average molecular weight is 366 g/mol. The summed E-state index contributed by atoms with van der Waals surface area (Å²) in [6.07, 6.45) is 2.74. The van der Waals surface area contributed by atoms with Crippen LogP contribution in [-0.4, -0.2) is 29.8 Å². The van der Waals surface area contributed by atoms with Crippen molar-refractivity contribution >= 4 is 17.3 Å². The van der Waals surface area contributed by atoms with Crippen molar-refractivity contribution in [2.24, 2.45) is 5.73 Å². The number of hydrogen-bond acceptors (Lipinski definition) is 5. The Morgan fingerprint density at radius 2 is 2.20 bits per heavy atom. The van der Waals surface area contributed by atoms with Gasteiger partial charge < -0.3 is 5.73 Å². The highest BCUT2D eigenvalue weighted by Gasteiger charge is 2.28. The number of aromatic nitrogens is 6. The van der Waals surface area contributed by atoms with Crippen molar-refractivity contribution in [2.45, 2.75) is 19.4 Å². The molecule has 0 amide bonds. The van der Waals surface area contributed by atoms with Crippen LogP contribution in [0.25, 0.3) is 11.5 Å². The molecular formula is C15H14ClF2N7. The molecule has 10 heteroatoms. The van der Waals surface area contributed by atoms with E-state index in [0.717, 1.165) is 6.92 Å². The molecule has 0 saturated heterocycles. The lowest BCUT2D eigenvalue weighted by Crippen LogP contribution is -2.08. The Kier molecular flexibility index (Phi) is 4.25. The largest absolute Gasteiger partial charge is 0.397 e. The second-order valence-corrected chi connectivity index (χ2v) is 5.86. The van der Waals surface area contributed by atoms with Crippen molar-refractivity contribution in [3.05, 3.63) is 59.3 Å². The van der Waals surface area contributed by atoms with Gasteiger partial charge in [0, 0.05) is 13.1 Å². The highest BCUT2D eigenvalue weighted by molar-refractivity contribution is 6.32. The Morgan fingerprint density at radius 3 is 2.80 bits per heavy atom. The van der Waals surface area contributed by atoms with Gasteiger partial charge in [-0.15, -0.1) is 5.10 Å². The first-order chi connectivity index (χ1) is 11.8. The highest BCUT2D eigenvalue weighted by atomic mass is 35.5. The van der Waals surface area contributed by atoms with Gasteiger partial charge in [-0.3, -0.25) is 0 Å². The van der Waals surface area contributed by atoms with Crippen LogP contribution >= 0.6 is 11.6 Å². The Hall–Kier alpha value is -2.81. The number of pyridine rings is 1. The Labute approximate surface area is 146 Å². The standard InChI is InChI=1S/C15H14ClF2N7/c1-9(19)12-6-10(7-24-8-13(21-23-24)15(2,17)18)22-25(12)14-11(16)4-3-5-20-14/h3-6,8H,1,7,19H2,2H3. The third-order valence-electron chi connectivity index (χ3n) is 3.34. The molecule has 0 atom stereocenters. The summed E-state index contributed by atoms with van der Waals surface area (Å²) >= 11 is 6.15. The Morgan fingerprint density at radius 1 is 1.44 bits per heavy atom. The van der Waals surface area contributed by atoms with Crippen LogP contribution in [-0.2, 0) is 12.5 Å². The lowest BCUT2D eigenvalue weighted by atomic mass is 10.3. The first kappa shape index (κ1) is 17.0. The van der Waals surface area contributed by atoms with E-state index < -0.39 is 11.6 Å². The first-order valence-corrected chi connectivity index (χ1v) is 7.56. The van der Waals surface area contributed by atoms with Gasteiger partial charge in [-0.2, -0.15) is 13.9 Å². The van der Waals surface area contributed by atoms with Gasteiger partial charge >= 0.3 is 0 Å². The van der Waals surface area contributed by atoms with Gasteiger partial charge in [-0.25, -0.2) is 14.3 Å². The lowest BCUT2D eigenvalue weighted by molar-refractivity contribution is 0.0126. The number of nitrogens with zero attached hydrogens (tertiary/aromatic N) is 6. The summed E-state index contributed by atoms with van der Waals surface area (Å²) in [6, 6.07) is 5.02. The lowest BCUT2D eigenvalue weighted by Gasteiger charge is -2.07. The molecule has 0 aliphatic heterocycles. The molecule has 3 rings (SSSR count). The molecule has 0 aliphatic rings. The topological polar surface area (TPSA) is 87.4 Å². The van der Waals surface area contributed by atoms with Crippen LogP contribution in [0.3, 0.4) is 0 Å². The highest BCUT2D eigenvalue weighted by Crippen LogP contribution is 2.25. The van der Waals surface area contributed by atoms with Crippen molar-refractivity contribution in [2.75, 3.05) is 0 Å². The number of halogens is 3. The summed E-state index contributed by atoms with van der Waals surface area (Å²) < 4.78 is 29.2. The van der Waals surface area contributed by atoms with Crippen molar-refractivity contribution in [3.8, 4) is 5.82 Å². The van der Waals surface area contributed by atoms with E-state index in [1.54, 1.807) is 24.4 Å². The molecule has 2 N–H and O–H groups in total.